The van der Waals surface area contributed by atoms with Crippen molar-refractivity contribution in [1.82, 2.24) is 15.1 Å². The van der Waals surface area contributed by atoms with Crippen LogP contribution in [-0.2, 0) is 0 Å². The number of pyridine rings is 2. The molecule has 3 aromatic heterocycles. The summed E-state index contributed by atoms with van der Waals surface area (Å²) in [6, 6.07) is 5.43. The largest absolute Gasteiger partial charge is 0.336 e. The Morgan fingerprint density at radius 2 is 2.27 bits per heavy atom. The molecule has 3 heterocycles. The highest BCUT2D eigenvalue weighted by Gasteiger charge is 2.28. The molecular weight excluding hydrogens is 280 g/mol. The second-order valence-electron chi connectivity index (χ2n) is 5.51. The predicted molar refractivity (Wildman–Crippen MR) is 80.7 cm³/mol. The molecule has 1 N–H and O–H groups in total. The molecule has 1 aliphatic rings. The van der Waals surface area contributed by atoms with E-state index in [1.54, 1.807) is 24.5 Å². The zero-order valence-corrected chi connectivity index (χ0v) is 12.0. The van der Waals surface area contributed by atoms with Crippen LogP contribution in [0.2, 0.25) is 0 Å². The van der Waals surface area contributed by atoms with Crippen molar-refractivity contribution in [3.05, 3.63) is 47.5 Å². The van der Waals surface area contributed by atoms with Gasteiger partial charge in [-0.1, -0.05) is 5.16 Å². The van der Waals surface area contributed by atoms with Gasteiger partial charge in [0.25, 0.3) is 11.6 Å². The van der Waals surface area contributed by atoms with Gasteiger partial charge >= 0.3 is 0 Å². The highest BCUT2D eigenvalue weighted by atomic mass is 16.5. The molecule has 1 saturated carbocycles. The van der Waals surface area contributed by atoms with E-state index in [0.29, 0.717) is 34.0 Å². The summed E-state index contributed by atoms with van der Waals surface area (Å²) in [4.78, 5) is 21.1. The van der Waals surface area contributed by atoms with Crippen LogP contribution in [0.25, 0.3) is 11.1 Å². The molecule has 6 nitrogen and oxygen atoms in total. The molecule has 0 unspecified atom stereocenters. The molecule has 6 heteroatoms. The van der Waals surface area contributed by atoms with Crippen molar-refractivity contribution in [3.63, 3.8) is 0 Å². The van der Waals surface area contributed by atoms with Gasteiger partial charge in [-0.25, -0.2) is 4.98 Å². The van der Waals surface area contributed by atoms with Gasteiger partial charge in [-0.3, -0.25) is 9.78 Å². The van der Waals surface area contributed by atoms with Gasteiger partial charge in [-0.15, -0.1) is 0 Å². The van der Waals surface area contributed by atoms with E-state index in [-0.39, 0.29) is 5.91 Å². The lowest BCUT2D eigenvalue weighted by molar-refractivity contribution is 0.102. The lowest BCUT2D eigenvalue weighted by Crippen LogP contribution is -2.13. The van der Waals surface area contributed by atoms with Gasteiger partial charge in [-0.2, -0.15) is 0 Å². The first-order valence-electron chi connectivity index (χ1n) is 7.20. The number of aryl methyl sites for hydroxylation is 1. The van der Waals surface area contributed by atoms with E-state index in [9.17, 15) is 4.79 Å². The zero-order chi connectivity index (χ0) is 15.1. The monoisotopic (exact) mass is 294 g/mol. The van der Waals surface area contributed by atoms with Crippen molar-refractivity contribution >= 4 is 22.7 Å². The molecule has 0 aromatic carbocycles. The first kappa shape index (κ1) is 12.9. The third-order valence-electron chi connectivity index (χ3n) is 3.80. The molecule has 0 bridgehead atoms. The first-order chi connectivity index (χ1) is 10.7. The Bertz CT molecular complexity index is 853. The van der Waals surface area contributed by atoms with Crippen LogP contribution >= 0.6 is 0 Å². The maximum Gasteiger partial charge on any atom is 0.259 e. The van der Waals surface area contributed by atoms with Gasteiger partial charge in [-0.05, 0) is 38.0 Å². The zero-order valence-electron chi connectivity index (χ0n) is 12.0. The molecule has 0 aliphatic heterocycles. The standard InChI is InChI=1S/C16H14N4O2/c1-9-14-12(15(21)18-11-3-2-6-17-8-11)7-13(10-4-5-10)19-16(14)22-20-9/h2-3,6-8,10H,4-5H2,1H3,(H,18,21). The van der Waals surface area contributed by atoms with E-state index in [2.05, 4.69) is 20.4 Å². The fourth-order valence-corrected chi connectivity index (χ4v) is 2.52. The van der Waals surface area contributed by atoms with E-state index in [4.69, 9.17) is 4.52 Å². The minimum atomic E-state index is -0.200. The highest BCUT2D eigenvalue weighted by Crippen LogP contribution is 2.40. The summed E-state index contributed by atoms with van der Waals surface area (Å²) < 4.78 is 5.25. The summed E-state index contributed by atoms with van der Waals surface area (Å²) in [6.07, 6.45) is 5.48. The number of amides is 1. The second kappa shape index (κ2) is 4.91. The Balaban J connectivity index is 1.78. The van der Waals surface area contributed by atoms with Crippen molar-refractivity contribution in [2.45, 2.75) is 25.7 Å². The lowest BCUT2D eigenvalue weighted by atomic mass is 10.1. The summed E-state index contributed by atoms with van der Waals surface area (Å²) in [7, 11) is 0. The number of hydrogen-bond donors (Lipinski definition) is 1. The third kappa shape index (κ3) is 2.22. The van der Waals surface area contributed by atoms with Crippen molar-refractivity contribution < 1.29 is 9.32 Å². The van der Waals surface area contributed by atoms with Crippen LogP contribution in [0.15, 0.2) is 35.1 Å². The molecule has 0 saturated heterocycles. The number of carbonyl (C=O) groups excluding carboxylic acids is 1. The van der Waals surface area contributed by atoms with Crippen LogP contribution in [0.4, 0.5) is 5.69 Å². The van der Waals surface area contributed by atoms with Gasteiger partial charge in [0.05, 0.1) is 28.5 Å². The fraction of sp³-hybridized carbons (Fsp3) is 0.250. The van der Waals surface area contributed by atoms with Crippen LogP contribution in [0.5, 0.6) is 0 Å². The van der Waals surface area contributed by atoms with Crippen molar-refractivity contribution in [1.29, 1.82) is 0 Å². The molecule has 0 atom stereocenters. The van der Waals surface area contributed by atoms with E-state index in [0.717, 1.165) is 18.5 Å². The Morgan fingerprint density at radius 1 is 1.41 bits per heavy atom. The van der Waals surface area contributed by atoms with Crippen molar-refractivity contribution in [2.75, 3.05) is 5.32 Å². The van der Waals surface area contributed by atoms with E-state index in [1.807, 2.05) is 13.0 Å². The Morgan fingerprint density at radius 3 is 3.00 bits per heavy atom. The smallest absolute Gasteiger partial charge is 0.259 e. The average Bonchev–Trinajstić information content (AvgIpc) is 3.32. The highest BCUT2D eigenvalue weighted by molar-refractivity contribution is 6.12. The Kier molecular flexibility index (Phi) is 2.89. The third-order valence-corrected chi connectivity index (χ3v) is 3.80. The number of aromatic nitrogens is 3. The van der Waals surface area contributed by atoms with Gasteiger partial charge < -0.3 is 9.84 Å². The van der Waals surface area contributed by atoms with Crippen LogP contribution in [-0.4, -0.2) is 21.0 Å². The number of hydrogen-bond acceptors (Lipinski definition) is 5. The normalized spacial score (nSPS) is 14.2. The van der Waals surface area contributed by atoms with Gasteiger partial charge in [0, 0.05) is 17.8 Å². The van der Waals surface area contributed by atoms with E-state index < -0.39 is 0 Å². The molecule has 1 aliphatic carbocycles. The summed E-state index contributed by atoms with van der Waals surface area (Å²) in [5, 5.41) is 7.46. The van der Waals surface area contributed by atoms with Crippen LogP contribution < -0.4 is 5.32 Å². The molecule has 0 radical (unpaired) electrons. The maximum absolute atomic E-state index is 12.6. The van der Waals surface area contributed by atoms with E-state index >= 15 is 0 Å². The van der Waals surface area contributed by atoms with E-state index in [1.165, 1.54) is 0 Å². The summed E-state index contributed by atoms with van der Waals surface area (Å²) in [6.45, 7) is 1.81. The SMILES string of the molecule is Cc1noc2nc(C3CC3)cc(C(=O)Nc3cccnc3)c12. The summed E-state index contributed by atoms with van der Waals surface area (Å²) >= 11 is 0. The number of anilines is 1. The minimum absolute atomic E-state index is 0.200. The second-order valence-corrected chi connectivity index (χ2v) is 5.51. The molecular formula is C16H14N4O2. The first-order valence-corrected chi connectivity index (χ1v) is 7.20. The summed E-state index contributed by atoms with van der Waals surface area (Å²) in [5.41, 5.74) is 3.20. The van der Waals surface area contributed by atoms with Crippen molar-refractivity contribution in [3.8, 4) is 0 Å². The topological polar surface area (TPSA) is 80.9 Å². The van der Waals surface area contributed by atoms with Crippen LogP contribution in [0.3, 0.4) is 0 Å². The minimum Gasteiger partial charge on any atom is -0.336 e. The Hall–Kier alpha value is -2.76. The molecule has 1 amide bonds. The number of carbonyl (C=O) groups is 1. The quantitative estimate of drug-likeness (QED) is 0.803. The molecule has 4 rings (SSSR count). The van der Waals surface area contributed by atoms with Gasteiger partial charge in [0.1, 0.15) is 0 Å². The van der Waals surface area contributed by atoms with Gasteiger partial charge in [0.15, 0.2) is 0 Å². The Labute approximate surface area is 126 Å². The number of nitrogens with zero attached hydrogens (tertiary/aromatic N) is 3. The van der Waals surface area contributed by atoms with Crippen LogP contribution in [0.1, 0.15) is 40.5 Å². The average molecular weight is 294 g/mol. The van der Waals surface area contributed by atoms with Gasteiger partial charge in [0.2, 0.25) is 0 Å². The predicted octanol–water partition coefficient (Wildman–Crippen LogP) is 3.06. The molecule has 110 valence electrons. The van der Waals surface area contributed by atoms with Crippen LogP contribution in [0, 0.1) is 6.92 Å². The number of rotatable bonds is 3. The maximum atomic E-state index is 12.6. The number of fused-ring (bicyclic) bond motifs is 1. The summed E-state index contributed by atoms with van der Waals surface area (Å²) in [5.74, 6) is 0.230. The molecule has 1 fully saturated rings. The molecule has 0 spiro atoms. The molecule has 3 aromatic rings. The van der Waals surface area contributed by atoms with Crippen molar-refractivity contribution in [2.24, 2.45) is 0 Å². The molecule has 22 heavy (non-hydrogen) atoms. The number of nitrogens with one attached hydrogen (secondary N) is 1. The lowest BCUT2D eigenvalue weighted by Gasteiger charge is -2.07. The fourth-order valence-electron chi connectivity index (χ4n) is 2.52.